The van der Waals surface area contributed by atoms with Gasteiger partial charge in [0.05, 0.1) is 19.3 Å². The van der Waals surface area contributed by atoms with Crippen LogP contribution in [0.5, 0.6) is 5.88 Å². The first-order chi connectivity index (χ1) is 12.8. The molecular weight excluding hydrogens is 332 g/mol. The lowest BCUT2D eigenvalue weighted by molar-refractivity contribution is 0.169. The highest BCUT2D eigenvalue weighted by Crippen LogP contribution is 2.15. The fraction of sp³-hybridized carbons (Fsp3) is 0.500. The Bertz CT molecular complexity index is 695. The fourth-order valence-corrected chi connectivity index (χ4v) is 2.98. The summed E-state index contributed by atoms with van der Waals surface area (Å²) >= 11 is 0. The van der Waals surface area contributed by atoms with Crippen LogP contribution in [0.3, 0.4) is 0 Å². The van der Waals surface area contributed by atoms with Crippen molar-refractivity contribution in [3.8, 4) is 5.88 Å². The number of rotatable bonds is 6. The van der Waals surface area contributed by atoms with Crippen molar-refractivity contribution in [2.45, 2.75) is 20.0 Å². The SMILES string of the molecule is CCNC(=NCc1cccnc1OC)N1CCN(Cc2ccon2)CC1. The molecule has 0 atom stereocenters. The molecule has 140 valence electrons. The fourth-order valence-electron chi connectivity index (χ4n) is 2.98. The van der Waals surface area contributed by atoms with Gasteiger partial charge in [0.15, 0.2) is 5.96 Å². The largest absolute Gasteiger partial charge is 0.481 e. The average molecular weight is 358 g/mol. The van der Waals surface area contributed by atoms with Crippen molar-refractivity contribution in [3.05, 3.63) is 41.9 Å². The quantitative estimate of drug-likeness (QED) is 0.617. The van der Waals surface area contributed by atoms with Crippen LogP contribution in [0.15, 0.2) is 40.2 Å². The first-order valence-electron chi connectivity index (χ1n) is 8.93. The zero-order chi connectivity index (χ0) is 18.2. The van der Waals surface area contributed by atoms with E-state index in [1.54, 1.807) is 19.6 Å². The van der Waals surface area contributed by atoms with Crippen molar-refractivity contribution in [2.75, 3.05) is 39.8 Å². The van der Waals surface area contributed by atoms with Crippen LogP contribution in [0.4, 0.5) is 0 Å². The second kappa shape index (κ2) is 9.19. The maximum Gasteiger partial charge on any atom is 0.218 e. The molecule has 1 saturated heterocycles. The molecule has 0 amide bonds. The van der Waals surface area contributed by atoms with Crippen LogP contribution in [0.2, 0.25) is 0 Å². The number of nitrogens with one attached hydrogen (secondary N) is 1. The summed E-state index contributed by atoms with van der Waals surface area (Å²) in [5.74, 6) is 1.56. The van der Waals surface area contributed by atoms with E-state index >= 15 is 0 Å². The Kier molecular flexibility index (Phi) is 6.43. The summed E-state index contributed by atoms with van der Waals surface area (Å²) in [7, 11) is 1.63. The Morgan fingerprint density at radius 3 is 2.85 bits per heavy atom. The average Bonchev–Trinajstić information content (AvgIpc) is 3.19. The molecule has 8 heteroatoms. The molecule has 2 aromatic rings. The van der Waals surface area contributed by atoms with E-state index in [-0.39, 0.29) is 0 Å². The molecule has 3 rings (SSSR count). The predicted molar refractivity (Wildman–Crippen MR) is 99.0 cm³/mol. The molecule has 8 nitrogen and oxygen atoms in total. The molecule has 1 N–H and O–H groups in total. The number of guanidine groups is 1. The van der Waals surface area contributed by atoms with Gasteiger partial charge in [-0.2, -0.15) is 0 Å². The van der Waals surface area contributed by atoms with Gasteiger partial charge in [-0.15, -0.1) is 0 Å². The summed E-state index contributed by atoms with van der Waals surface area (Å²) in [5.41, 5.74) is 1.96. The zero-order valence-corrected chi connectivity index (χ0v) is 15.4. The molecule has 0 saturated carbocycles. The summed E-state index contributed by atoms with van der Waals surface area (Å²) < 4.78 is 10.2. The van der Waals surface area contributed by atoms with E-state index in [0.29, 0.717) is 12.4 Å². The van der Waals surface area contributed by atoms with Gasteiger partial charge in [-0.25, -0.2) is 9.98 Å². The molecule has 0 radical (unpaired) electrons. The van der Waals surface area contributed by atoms with Crippen molar-refractivity contribution < 1.29 is 9.26 Å². The molecule has 2 aromatic heterocycles. The van der Waals surface area contributed by atoms with Crippen LogP contribution in [0.1, 0.15) is 18.2 Å². The monoisotopic (exact) mass is 358 g/mol. The lowest BCUT2D eigenvalue weighted by Crippen LogP contribution is -2.52. The molecular formula is C18H26N6O2. The smallest absolute Gasteiger partial charge is 0.218 e. The van der Waals surface area contributed by atoms with Crippen LogP contribution in [0, 0.1) is 0 Å². The molecule has 1 aliphatic rings. The highest BCUT2D eigenvalue weighted by Gasteiger charge is 2.20. The molecule has 3 heterocycles. The number of pyridine rings is 1. The van der Waals surface area contributed by atoms with E-state index in [0.717, 1.165) is 56.5 Å². The molecule has 26 heavy (non-hydrogen) atoms. The lowest BCUT2D eigenvalue weighted by Gasteiger charge is -2.36. The van der Waals surface area contributed by atoms with E-state index in [1.807, 2.05) is 18.2 Å². The number of nitrogens with zero attached hydrogens (tertiary/aromatic N) is 5. The Morgan fingerprint density at radius 1 is 1.31 bits per heavy atom. The number of hydrogen-bond acceptors (Lipinski definition) is 6. The highest BCUT2D eigenvalue weighted by molar-refractivity contribution is 5.80. The third-order valence-electron chi connectivity index (χ3n) is 4.33. The van der Waals surface area contributed by atoms with E-state index in [4.69, 9.17) is 14.3 Å². The third kappa shape index (κ3) is 4.72. The first kappa shape index (κ1) is 18.2. The van der Waals surface area contributed by atoms with Crippen molar-refractivity contribution >= 4 is 5.96 Å². The van der Waals surface area contributed by atoms with E-state index in [2.05, 4.69) is 32.2 Å². The maximum atomic E-state index is 5.31. The summed E-state index contributed by atoms with van der Waals surface area (Å²) in [5, 5.41) is 7.38. The first-order valence-corrected chi connectivity index (χ1v) is 8.93. The van der Waals surface area contributed by atoms with Gasteiger partial charge in [0, 0.05) is 57.1 Å². The molecule has 0 unspecified atom stereocenters. The highest BCUT2D eigenvalue weighted by atomic mass is 16.5. The molecule has 0 spiro atoms. The second-order valence-electron chi connectivity index (χ2n) is 6.10. The minimum absolute atomic E-state index is 0.540. The zero-order valence-electron chi connectivity index (χ0n) is 15.4. The normalized spacial score (nSPS) is 15.9. The third-order valence-corrected chi connectivity index (χ3v) is 4.33. The van der Waals surface area contributed by atoms with Gasteiger partial charge in [0.1, 0.15) is 6.26 Å². The summed E-state index contributed by atoms with van der Waals surface area (Å²) in [6.07, 6.45) is 3.35. The van der Waals surface area contributed by atoms with Crippen LogP contribution in [-0.2, 0) is 13.1 Å². The Morgan fingerprint density at radius 2 is 2.15 bits per heavy atom. The Labute approximate surface area is 153 Å². The topological polar surface area (TPSA) is 79.0 Å². The lowest BCUT2D eigenvalue weighted by atomic mass is 10.2. The number of piperazine rings is 1. The van der Waals surface area contributed by atoms with Crippen molar-refractivity contribution in [1.29, 1.82) is 0 Å². The molecule has 0 bridgehead atoms. The maximum absolute atomic E-state index is 5.31. The van der Waals surface area contributed by atoms with E-state index < -0.39 is 0 Å². The number of methoxy groups -OCH3 is 1. The number of hydrogen-bond donors (Lipinski definition) is 1. The second-order valence-corrected chi connectivity index (χ2v) is 6.10. The van der Waals surface area contributed by atoms with Gasteiger partial charge in [0.25, 0.3) is 0 Å². The summed E-state index contributed by atoms with van der Waals surface area (Å²) in [6, 6.07) is 5.82. The van der Waals surface area contributed by atoms with E-state index in [1.165, 1.54) is 0 Å². The minimum atomic E-state index is 0.540. The Balaban J connectivity index is 1.59. The van der Waals surface area contributed by atoms with Crippen LogP contribution >= 0.6 is 0 Å². The van der Waals surface area contributed by atoms with Crippen LogP contribution < -0.4 is 10.1 Å². The molecule has 1 aliphatic heterocycles. The van der Waals surface area contributed by atoms with Gasteiger partial charge in [-0.05, 0) is 13.0 Å². The molecule has 0 aliphatic carbocycles. The van der Waals surface area contributed by atoms with Gasteiger partial charge in [-0.1, -0.05) is 11.2 Å². The molecule has 1 fully saturated rings. The van der Waals surface area contributed by atoms with Crippen LogP contribution in [-0.4, -0.2) is 65.7 Å². The standard InChI is InChI=1S/C18H26N6O2/c1-3-19-18(21-13-15-5-4-7-20-17(15)25-2)24-10-8-23(9-11-24)14-16-6-12-26-22-16/h4-7,12H,3,8-11,13-14H2,1-2H3,(H,19,21). The summed E-state index contributed by atoms with van der Waals surface area (Å²) in [4.78, 5) is 13.7. The molecule has 0 aromatic carbocycles. The number of ether oxygens (including phenoxy) is 1. The number of aromatic nitrogens is 2. The Hall–Kier alpha value is -2.61. The van der Waals surface area contributed by atoms with E-state index in [9.17, 15) is 0 Å². The van der Waals surface area contributed by atoms with Gasteiger partial charge in [-0.3, -0.25) is 4.90 Å². The van der Waals surface area contributed by atoms with Gasteiger partial charge >= 0.3 is 0 Å². The number of aliphatic imine (C=N–C) groups is 1. The predicted octanol–water partition coefficient (Wildman–Crippen LogP) is 1.36. The van der Waals surface area contributed by atoms with Gasteiger partial charge in [0.2, 0.25) is 5.88 Å². The van der Waals surface area contributed by atoms with Crippen molar-refractivity contribution in [1.82, 2.24) is 25.3 Å². The van der Waals surface area contributed by atoms with Gasteiger partial charge < -0.3 is 19.5 Å². The van der Waals surface area contributed by atoms with Crippen LogP contribution in [0.25, 0.3) is 0 Å². The van der Waals surface area contributed by atoms with Crippen molar-refractivity contribution in [2.24, 2.45) is 4.99 Å². The van der Waals surface area contributed by atoms with Crippen molar-refractivity contribution in [3.63, 3.8) is 0 Å². The minimum Gasteiger partial charge on any atom is -0.481 e. The summed E-state index contributed by atoms with van der Waals surface area (Å²) in [6.45, 7) is 8.06.